The van der Waals surface area contributed by atoms with Gasteiger partial charge < -0.3 is 10.6 Å². The Hall–Kier alpha value is -2.90. The molecule has 1 aliphatic rings. The smallest absolute Gasteiger partial charge is 0.272 e. The molecule has 0 aliphatic carbocycles. The number of carbonyl (C=O) groups excluding carboxylic acids is 2. The number of nitrogens with one attached hydrogen (secondary N) is 3. The third kappa shape index (κ3) is 5.37. The average molecular weight is 428 g/mol. The monoisotopic (exact) mass is 427 g/mol. The SMILES string of the molecule is Cl.O=C(CN1CCC(CNC(=O)c2n[nH]c3ccccc23)CC1)Nc1ccccc1. The molecule has 7 nitrogen and oxygen atoms in total. The molecule has 2 amide bonds. The Morgan fingerprint density at radius 3 is 2.50 bits per heavy atom. The molecule has 1 aromatic heterocycles. The number of carbonyl (C=O) groups is 2. The van der Waals surface area contributed by atoms with Gasteiger partial charge in [0.2, 0.25) is 5.91 Å². The van der Waals surface area contributed by atoms with Crippen LogP contribution in [0.3, 0.4) is 0 Å². The minimum Gasteiger partial charge on any atom is -0.350 e. The molecule has 0 saturated carbocycles. The second kappa shape index (κ2) is 10.2. The maximum Gasteiger partial charge on any atom is 0.272 e. The molecule has 0 radical (unpaired) electrons. The highest BCUT2D eigenvalue weighted by molar-refractivity contribution is 6.04. The highest BCUT2D eigenvalue weighted by Crippen LogP contribution is 2.18. The molecule has 0 atom stereocenters. The quantitative estimate of drug-likeness (QED) is 0.564. The first kappa shape index (κ1) is 21.8. The van der Waals surface area contributed by atoms with E-state index >= 15 is 0 Å². The second-order valence-electron chi connectivity index (χ2n) is 7.46. The molecule has 1 saturated heterocycles. The molecule has 2 aromatic carbocycles. The summed E-state index contributed by atoms with van der Waals surface area (Å²) >= 11 is 0. The number of nitrogens with zero attached hydrogens (tertiary/aromatic N) is 2. The van der Waals surface area contributed by atoms with E-state index in [0.717, 1.165) is 42.5 Å². The zero-order valence-corrected chi connectivity index (χ0v) is 17.5. The molecule has 1 aliphatic heterocycles. The van der Waals surface area contributed by atoms with Crippen LogP contribution in [-0.4, -0.2) is 53.1 Å². The number of piperidine rings is 1. The molecular weight excluding hydrogens is 402 g/mol. The minimum atomic E-state index is -0.146. The zero-order valence-electron chi connectivity index (χ0n) is 16.6. The molecule has 3 N–H and O–H groups in total. The van der Waals surface area contributed by atoms with E-state index in [9.17, 15) is 9.59 Å². The Bertz CT molecular complexity index is 983. The van der Waals surface area contributed by atoms with E-state index in [2.05, 4.69) is 25.7 Å². The highest BCUT2D eigenvalue weighted by Gasteiger charge is 2.22. The van der Waals surface area contributed by atoms with Gasteiger partial charge in [0.1, 0.15) is 0 Å². The van der Waals surface area contributed by atoms with Crippen molar-refractivity contribution in [1.29, 1.82) is 0 Å². The Balaban J connectivity index is 0.00000256. The van der Waals surface area contributed by atoms with Gasteiger partial charge in [0.05, 0.1) is 12.1 Å². The summed E-state index contributed by atoms with van der Waals surface area (Å²) in [4.78, 5) is 26.8. The Morgan fingerprint density at radius 1 is 1.03 bits per heavy atom. The number of H-pyrrole nitrogens is 1. The van der Waals surface area contributed by atoms with Crippen LogP contribution in [-0.2, 0) is 4.79 Å². The molecule has 0 spiro atoms. The molecule has 1 fully saturated rings. The zero-order chi connectivity index (χ0) is 20.1. The molecule has 158 valence electrons. The first-order valence-corrected chi connectivity index (χ1v) is 9.97. The van der Waals surface area contributed by atoms with Crippen LogP contribution in [0.4, 0.5) is 5.69 Å². The van der Waals surface area contributed by atoms with Crippen LogP contribution in [0.25, 0.3) is 10.9 Å². The fourth-order valence-electron chi connectivity index (χ4n) is 3.73. The molecule has 0 bridgehead atoms. The van der Waals surface area contributed by atoms with Gasteiger partial charge in [-0.1, -0.05) is 36.4 Å². The first-order valence-electron chi connectivity index (χ1n) is 9.97. The van der Waals surface area contributed by atoms with E-state index in [1.54, 1.807) is 0 Å². The number of aromatic nitrogens is 2. The molecule has 0 unspecified atom stereocenters. The predicted molar refractivity (Wildman–Crippen MR) is 120 cm³/mol. The maximum absolute atomic E-state index is 12.5. The fraction of sp³-hybridized carbons (Fsp3) is 0.318. The number of hydrogen-bond donors (Lipinski definition) is 3. The van der Waals surface area contributed by atoms with Crippen molar-refractivity contribution in [2.24, 2.45) is 5.92 Å². The molecule has 2 heterocycles. The van der Waals surface area contributed by atoms with Crippen LogP contribution in [0.2, 0.25) is 0 Å². The first-order chi connectivity index (χ1) is 14.2. The van der Waals surface area contributed by atoms with Crippen molar-refractivity contribution in [3.8, 4) is 0 Å². The van der Waals surface area contributed by atoms with E-state index < -0.39 is 0 Å². The number of amides is 2. The number of likely N-dealkylation sites (tertiary alicyclic amines) is 1. The minimum absolute atomic E-state index is 0. The van der Waals surface area contributed by atoms with Crippen molar-refractivity contribution >= 4 is 40.8 Å². The normalized spacial score (nSPS) is 14.8. The van der Waals surface area contributed by atoms with Crippen molar-refractivity contribution in [3.63, 3.8) is 0 Å². The van der Waals surface area contributed by atoms with Gasteiger partial charge in [-0.15, -0.1) is 12.4 Å². The summed E-state index contributed by atoms with van der Waals surface area (Å²) < 4.78 is 0. The Labute approximate surface area is 181 Å². The van der Waals surface area contributed by atoms with E-state index in [0.29, 0.717) is 24.7 Å². The lowest BCUT2D eigenvalue weighted by Crippen LogP contribution is -2.41. The summed E-state index contributed by atoms with van der Waals surface area (Å²) in [5.41, 5.74) is 2.12. The van der Waals surface area contributed by atoms with E-state index in [4.69, 9.17) is 0 Å². The van der Waals surface area contributed by atoms with Gasteiger partial charge in [-0.25, -0.2) is 0 Å². The second-order valence-corrected chi connectivity index (χ2v) is 7.46. The van der Waals surface area contributed by atoms with E-state index in [-0.39, 0.29) is 24.2 Å². The Morgan fingerprint density at radius 2 is 1.73 bits per heavy atom. The van der Waals surface area contributed by atoms with E-state index in [1.165, 1.54) is 0 Å². The van der Waals surface area contributed by atoms with Gasteiger partial charge >= 0.3 is 0 Å². The van der Waals surface area contributed by atoms with Gasteiger partial charge in [0.25, 0.3) is 5.91 Å². The van der Waals surface area contributed by atoms with Crippen LogP contribution in [0.15, 0.2) is 54.6 Å². The molecule has 3 aromatic rings. The number of hydrogen-bond acceptors (Lipinski definition) is 4. The fourth-order valence-corrected chi connectivity index (χ4v) is 3.73. The predicted octanol–water partition coefficient (Wildman–Crippen LogP) is 3.07. The lowest BCUT2D eigenvalue weighted by molar-refractivity contribution is -0.117. The maximum atomic E-state index is 12.5. The van der Waals surface area contributed by atoms with Gasteiger partial charge in [-0.3, -0.25) is 19.6 Å². The largest absolute Gasteiger partial charge is 0.350 e. The number of aromatic amines is 1. The van der Waals surface area contributed by atoms with Gasteiger partial charge in [0, 0.05) is 17.6 Å². The van der Waals surface area contributed by atoms with Gasteiger partial charge in [-0.05, 0) is 50.0 Å². The summed E-state index contributed by atoms with van der Waals surface area (Å²) in [5, 5.41) is 13.8. The van der Waals surface area contributed by atoms with Crippen molar-refractivity contribution in [2.75, 3.05) is 31.5 Å². The third-order valence-corrected chi connectivity index (χ3v) is 5.37. The van der Waals surface area contributed by atoms with E-state index in [1.807, 2.05) is 54.6 Å². The molecule has 8 heteroatoms. The van der Waals surface area contributed by atoms with Crippen molar-refractivity contribution in [2.45, 2.75) is 12.8 Å². The summed E-state index contributed by atoms with van der Waals surface area (Å²) in [6, 6.07) is 17.1. The average Bonchev–Trinajstić information content (AvgIpc) is 3.18. The van der Waals surface area contributed by atoms with Gasteiger partial charge in [-0.2, -0.15) is 5.10 Å². The summed E-state index contributed by atoms with van der Waals surface area (Å²) in [6.45, 7) is 2.74. The van der Waals surface area contributed by atoms with Crippen LogP contribution >= 0.6 is 12.4 Å². The molecule has 30 heavy (non-hydrogen) atoms. The number of anilines is 1. The number of halogens is 1. The van der Waals surface area contributed by atoms with Crippen LogP contribution in [0.5, 0.6) is 0 Å². The number of fused-ring (bicyclic) bond motifs is 1. The standard InChI is InChI=1S/C22H25N5O2.ClH/c28-20(24-17-6-2-1-3-7-17)15-27-12-10-16(11-13-27)14-23-22(29)21-18-8-4-5-9-19(18)25-26-21;/h1-9,16H,10-15H2,(H,23,29)(H,24,28)(H,25,26);1H. The number of benzene rings is 2. The van der Waals surface area contributed by atoms with Crippen LogP contribution < -0.4 is 10.6 Å². The Kier molecular flexibility index (Phi) is 7.43. The lowest BCUT2D eigenvalue weighted by atomic mass is 9.96. The van der Waals surface area contributed by atoms with Crippen LogP contribution in [0.1, 0.15) is 23.3 Å². The summed E-state index contributed by atoms with van der Waals surface area (Å²) in [5.74, 6) is 0.276. The molecule has 4 rings (SSSR count). The van der Waals surface area contributed by atoms with Crippen molar-refractivity contribution in [3.05, 3.63) is 60.3 Å². The van der Waals surface area contributed by atoms with Crippen molar-refractivity contribution in [1.82, 2.24) is 20.4 Å². The number of para-hydroxylation sites is 2. The van der Waals surface area contributed by atoms with Gasteiger partial charge in [0.15, 0.2) is 5.69 Å². The highest BCUT2D eigenvalue weighted by atomic mass is 35.5. The number of rotatable bonds is 6. The summed E-state index contributed by atoms with van der Waals surface area (Å²) in [7, 11) is 0. The molecular formula is C22H26ClN5O2. The van der Waals surface area contributed by atoms with Crippen molar-refractivity contribution < 1.29 is 9.59 Å². The third-order valence-electron chi connectivity index (χ3n) is 5.37. The van der Waals surface area contributed by atoms with Crippen LogP contribution in [0, 0.1) is 5.92 Å². The lowest BCUT2D eigenvalue weighted by Gasteiger charge is -2.31. The topological polar surface area (TPSA) is 90.1 Å². The summed E-state index contributed by atoms with van der Waals surface area (Å²) in [6.07, 6.45) is 1.92.